The molecule has 0 aromatic heterocycles. The summed E-state index contributed by atoms with van der Waals surface area (Å²) in [6, 6.07) is 7.03. The summed E-state index contributed by atoms with van der Waals surface area (Å²) in [5.74, 6) is 0.374. The topological polar surface area (TPSA) is 104 Å². The molecule has 1 heterocycles. The van der Waals surface area contributed by atoms with Crippen molar-refractivity contribution in [2.24, 2.45) is 31.9 Å². The third kappa shape index (κ3) is 5.73. The smallest absolute Gasteiger partial charge is 0.362 e. The maximum absolute atomic E-state index is 12.5. The van der Waals surface area contributed by atoms with E-state index in [-0.39, 0.29) is 22.1 Å². The van der Waals surface area contributed by atoms with Crippen LogP contribution < -0.4 is 5.32 Å². The van der Waals surface area contributed by atoms with Crippen LogP contribution in [-0.4, -0.2) is 57.7 Å². The number of nitrogens with zero attached hydrogens (tertiary/aromatic N) is 4. The van der Waals surface area contributed by atoms with Gasteiger partial charge in [-0.2, -0.15) is 8.42 Å². The molecular formula is C23H31N5O3S2. The van der Waals surface area contributed by atoms with Gasteiger partial charge in [-0.3, -0.25) is 4.99 Å². The summed E-state index contributed by atoms with van der Waals surface area (Å²) in [5.41, 5.74) is -0.245. The van der Waals surface area contributed by atoms with Crippen LogP contribution in [0.1, 0.15) is 32.1 Å². The van der Waals surface area contributed by atoms with Gasteiger partial charge >= 0.3 is 6.03 Å². The van der Waals surface area contributed by atoms with Crippen LogP contribution in [0.15, 0.2) is 62.0 Å². The molecule has 33 heavy (non-hydrogen) atoms. The molecule has 1 aliphatic heterocycles. The van der Waals surface area contributed by atoms with Crippen LogP contribution in [0.4, 0.5) is 4.79 Å². The van der Waals surface area contributed by atoms with Crippen molar-refractivity contribution in [2.45, 2.75) is 37.0 Å². The van der Waals surface area contributed by atoms with Gasteiger partial charge in [0.25, 0.3) is 10.0 Å². The number of carbonyl (C=O) groups is 1. The Morgan fingerprint density at radius 3 is 2.73 bits per heavy atom. The molecule has 1 aliphatic carbocycles. The van der Waals surface area contributed by atoms with Gasteiger partial charge in [0.2, 0.25) is 0 Å². The molecule has 0 spiro atoms. The first kappa shape index (κ1) is 25.2. The predicted molar refractivity (Wildman–Crippen MR) is 133 cm³/mol. The Bertz CT molecular complexity index is 1030. The van der Waals surface area contributed by atoms with E-state index in [2.05, 4.69) is 32.1 Å². The van der Waals surface area contributed by atoms with Crippen LogP contribution in [0, 0.1) is 17.3 Å². The summed E-state index contributed by atoms with van der Waals surface area (Å²) in [6.07, 6.45) is 11.2. The van der Waals surface area contributed by atoms with Gasteiger partial charge in [-0.05, 0) is 41.8 Å². The second kappa shape index (κ2) is 11.1. The van der Waals surface area contributed by atoms with E-state index in [0.29, 0.717) is 13.1 Å². The number of rotatable bonds is 7. The number of thiocarbonyl (C=S) groups is 1. The van der Waals surface area contributed by atoms with Crippen molar-refractivity contribution < 1.29 is 13.2 Å². The predicted octanol–water partition coefficient (Wildman–Crippen LogP) is 4.25. The lowest BCUT2D eigenvalue weighted by Gasteiger charge is -2.48. The Kier molecular flexibility index (Phi) is 8.47. The van der Waals surface area contributed by atoms with E-state index in [1.165, 1.54) is 17.0 Å². The molecule has 0 radical (unpaired) electrons. The molecule has 3 rings (SSSR count). The van der Waals surface area contributed by atoms with Crippen LogP contribution in [0.5, 0.6) is 0 Å². The lowest BCUT2D eigenvalue weighted by Crippen LogP contribution is -2.51. The fourth-order valence-electron chi connectivity index (χ4n) is 4.84. The Hall–Kier alpha value is -2.46. The van der Waals surface area contributed by atoms with Crippen molar-refractivity contribution in [2.75, 3.05) is 27.2 Å². The molecule has 1 N–H and O–H groups in total. The van der Waals surface area contributed by atoms with E-state index in [9.17, 15) is 13.2 Å². The van der Waals surface area contributed by atoms with Gasteiger partial charge in [-0.15, -0.1) is 0 Å². The molecule has 2 aliphatic rings. The van der Waals surface area contributed by atoms with Crippen LogP contribution in [0.3, 0.4) is 0 Å². The fourth-order valence-corrected chi connectivity index (χ4v) is 6.02. The largest absolute Gasteiger partial charge is 0.382 e. The number of sulfonamides is 1. The Balaban J connectivity index is 1.70. The minimum atomic E-state index is -4.01. The summed E-state index contributed by atoms with van der Waals surface area (Å²) in [6.45, 7) is 1.12. The molecule has 1 aromatic carbocycles. The van der Waals surface area contributed by atoms with E-state index in [1.54, 1.807) is 25.2 Å². The summed E-state index contributed by atoms with van der Waals surface area (Å²) in [5, 5.41) is 6.69. The van der Waals surface area contributed by atoms with Gasteiger partial charge in [0.05, 0.1) is 16.4 Å². The Morgan fingerprint density at radius 2 is 2.06 bits per heavy atom. The average molecular weight is 490 g/mol. The number of hydrogen-bond donors (Lipinski definition) is 1. The highest BCUT2D eigenvalue weighted by Gasteiger charge is 2.48. The number of hydrogen-bond acceptors (Lipinski definition) is 5. The van der Waals surface area contributed by atoms with Crippen LogP contribution >= 0.6 is 12.2 Å². The normalized spacial score (nSPS) is 25.2. The first-order valence-corrected chi connectivity index (χ1v) is 13.0. The van der Waals surface area contributed by atoms with Crippen molar-refractivity contribution in [3.63, 3.8) is 0 Å². The van der Waals surface area contributed by atoms with E-state index in [1.807, 2.05) is 13.3 Å². The van der Waals surface area contributed by atoms with Crippen molar-refractivity contribution in [1.29, 1.82) is 0 Å². The molecule has 2 amide bonds. The third-order valence-electron chi connectivity index (χ3n) is 6.60. The highest BCUT2D eigenvalue weighted by atomic mass is 32.2. The number of carbonyl (C=O) groups excluding carboxylic acids is 1. The number of amides is 2. The summed E-state index contributed by atoms with van der Waals surface area (Å²) >= 11 is 5.82. The molecule has 178 valence electrons. The minimum Gasteiger partial charge on any atom is -0.382 e. The van der Waals surface area contributed by atoms with E-state index >= 15 is 0 Å². The van der Waals surface area contributed by atoms with E-state index in [0.717, 1.165) is 37.1 Å². The quantitative estimate of drug-likeness (QED) is 0.350. The van der Waals surface area contributed by atoms with Gasteiger partial charge in [0, 0.05) is 38.2 Å². The zero-order chi connectivity index (χ0) is 23.9. The maximum atomic E-state index is 12.5. The van der Waals surface area contributed by atoms with Crippen molar-refractivity contribution in [3.05, 3.63) is 42.5 Å². The molecule has 0 saturated heterocycles. The molecular weight excluding hydrogens is 458 g/mol. The summed E-state index contributed by atoms with van der Waals surface area (Å²) in [4.78, 5) is 19.2. The van der Waals surface area contributed by atoms with Gasteiger partial charge in [-0.25, -0.2) is 4.79 Å². The molecule has 1 saturated carbocycles. The number of nitrogens with one attached hydrogen (secondary N) is 1. The number of benzene rings is 1. The van der Waals surface area contributed by atoms with E-state index < -0.39 is 16.1 Å². The standard InChI is InChI=1S/C23H31N5O3S2/c1-24-21(32)23(19-10-8-15-25-17-19)14-7-6-9-18(23)13-16-28(2)22(29)26-27-33(30,31)20-11-4-3-5-12-20/h3-5,8,10-12,17-19H,6-7,9,13-16H2,1-2H3,(H,24,32). The van der Waals surface area contributed by atoms with Crippen molar-refractivity contribution in [3.8, 4) is 0 Å². The fraction of sp³-hybridized carbons (Fsp3) is 0.522. The molecule has 8 nitrogen and oxygen atoms in total. The van der Waals surface area contributed by atoms with Gasteiger partial charge in [0.15, 0.2) is 0 Å². The summed E-state index contributed by atoms with van der Waals surface area (Å²) < 4.78 is 27.9. The number of aliphatic imine (C=N–C) groups is 1. The zero-order valence-corrected chi connectivity index (χ0v) is 20.7. The third-order valence-corrected chi connectivity index (χ3v) is 8.35. The number of allylic oxidation sites excluding steroid dienone is 1. The SMILES string of the molecule is CNC(=S)C1(C2C=CCN=C2)CCCCC1CCN(C)C(=O)N=NS(=O)(=O)c1ccccc1. The maximum Gasteiger partial charge on any atom is 0.362 e. The molecule has 1 aromatic rings. The van der Waals surface area contributed by atoms with Crippen molar-refractivity contribution in [1.82, 2.24) is 10.2 Å². The molecule has 10 heteroatoms. The van der Waals surface area contributed by atoms with Gasteiger partial charge in [0.1, 0.15) is 0 Å². The molecule has 1 fully saturated rings. The number of urea groups is 1. The minimum absolute atomic E-state index is 0.000953. The highest BCUT2D eigenvalue weighted by Crippen LogP contribution is 2.49. The van der Waals surface area contributed by atoms with E-state index in [4.69, 9.17) is 12.2 Å². The molecule has 3 unspecified atom stereocenters. The second-order valence-corrected chi connectivity index (χ2v) is 10.5. The number of dihydropyridines is 1. The lowest BCUT2D eigenvalue weighted by molar-refractivity contribution is 0.130. The first-order chi connectivity index (χ1) is 15.8. The van der Waals surface area contributed by atoms with Crippen LogP contribution in [0.2, 0.25) is 0 Å². The summed E-state index contributed by atoms with van der Waals surface area (Å²) in [7, 11) is -0.535. The Labute approximate surface area is 201 Å². The average Bonchev–Trinajstić information content (AvgIpc) is 2.86. The van der Waals surface area contributed by atoms with Crippen molar-refractivity contribution >= 4 is 39.5 Å². The van der Waals surface area contributed by atoms with Crippen LogP contribution in [0.25, 0.3) is 0 Å². The Morgan fingerprint density at radius 1 is 1.30 bits per heavy atom. The molecule has 0 bridgehead atoms. The zero-order valence-electron chi connectivity index (χ0n) is 19.1. The highest BCUT2D eigenvalue weighted by molar-refractivity contribution is 7.90. The van der Waals surface area contributed by atoms with Crippen LogP contribution in [-0.2, 0) is 10.0 Å². The first-order valence-electron chi connectivity index (χ1n) is 11.2. The van der Waals surface area contributed by atoms with Gasteiger partial charge < -0.3 is 10.2 Å². The van der Waals surface area contributed by atoms with Gasteiger partial charge in [-0.1, -0.05) is 60.5 Å². The molecule has 3 atom stereocenters. The lowest BCUT2D eigenvalue weighted by atomic mass is 9.58. The second-order valence-electron chi connectivity index (χ2n) is 8.49. The monoisotopic (exact) mass is 489 g/mol.